The average Bonchev–Trinajstić information content (AvgIpc) is 3.19. The topological polar surface area (TPSA) is 70.7 Å². The SMILES string of the molecule is COc1ccc(C(=O)NC(C(=O)NCCN2CCc3sccc3C2)C(C)C)cc1. The molecule has 0 saturated heterocycles. The Balaban J connectivity index is 1.49. The molecule has 0 spiro atoms. The molecule has 0 radical (unpaired) electrons. The zero-order valence-electron chi connectivity index (χ0n) is 17.2. The molecule has 2 aromatic rings. The Morgan fingerprint density at radius 2 is 1.97 bits per heavy atom. The molecule has 0 saturated carbocycles. The lowest BCUT2D eigenvalue weighted by Gasteiger charge is -2.27. The molecule has 0 bridgehead atoms. The number of amides is 2. The van der Waals surface area contributed by atoms with E-state index in [0.29, 0.717) is 17.9 Å². The van der Waals surface area contributed by atoms with Crippen molar-refractivity contribution >= 4 is 23.2 Å². The fraction of sp³-hybridized carbons (Fsp3) is 0.455. The number of thiophene rings is 1. The van der Waals surface area contributed by atoms with Crippen LogP contribution >= 0.6 is 11.3 Å². The van der Waals surface area contributed by atoms with Crippen LogP contribution in [0.1, 0.15) is 34.6 Å². The van der Waals surface area contributed by atoms with Crippen molar-refractivity contribution in [2.45, 2.75) is 32.9 Å². The van der Waals surface area contributed by atoms with Gasteiger partial charge in [0.2, 0.25) is 5.91 Å². The highest BCUT2D eigenvalue weighted by Crippen LogP contribution is 2.23. The summed E-state index contributed by atoms with van der Waals surface area (Å²) in [5.41, 5.74) is 1.91. The van der Waals surface area contributed by atoms with Gasteiger partial charge in [0.15, 0.2) is 0 Å². The number of carbonyl (C=O) groups is 2. The van der Waals surface area contributed by atoms with Crippen molar-refractivity contribution in [3.63, 3.8) is 0 Å². The van der Waals surface area contributed by atoms with Crippen LogP contribution in [0.25, 0.3) is 0 Å². The van der Waals surface area contributed by atoms with E-state index in [-0.39, 0.29) is 17.7 Å². The minimum atomic E-state index is -0.575. The summed E-state index contributed by atoms with van der Waals surface area (Å²) in [6, 6.07) is 8.47. The summed E-state index contributed by atoms with van der Waals surface area (Å²) in [6.45, 7) is 7.20. The normalized spacial score (nSPS) is 14.9. The number of rotatable bonds is 8. The predicted molar refractivity (Wildman–Crippen MR) is 115 cm³/mol. The van der Waals surface area contributed by atoms with Crippen molar-refractivity contribution in [3.05, 3.63) is 51.7 Å². The van der Waals surface area contributed by atoms with Crippen LogP contribution in [0.3, 0.4) is 0 Å². The molecule has 156 valence electrons. The van der Waals surface area contributed by atoms with Gasteiger partial charge in [0.25, 0.3) is 5.91 Å². The Bertz CT molecular complexity index is 832. The fourth-order valence-corrected chi connectivity index (χ4v) is 4.34. The first-order valence-corrected chi connectivity index (χ1v) is 10.9. The molecule has 1 aliphatic rings. The summed E-state index contributed by atoms with van der Waals surface area (Å²) >= 11 is 1.83. The van der Waals surface area contributed by atoms with Crippen LogP contribution in [0.5, 0.6) is 5.75 Å². The van der Waals surface area contributed by atoms with Gasteiger partial charge < -0.3 is 15.4 Å². The molecule has 29 heavy (non-hydrogen) atoms. The highest BCUT2D eigenvalue weighted by atomic mass is 32.1. The van der Waals surface area contributed by atoms with Crippen LogP contribution in [0, 0.1) is 5.92 Å². The van der Waals surface area contributed by atoms with E-state index in [2.05, 4.69) is 27.0 Å². The van der Waals surface area contributed by atoms with Crippen LogP contribution < -0.4 is 15.4 Å². The quantitative estimate of drug-likeness (QED) is 0.696. The Morgan fingerprint density at radius 3 is 2.66 bits per heavy atom. The van der Waals surface area contributed by atoms with Crippen LogP contribution in [-0.4, -0.2) is 49.5 Å². The first-order valence-electron chi connectivity index (χ1n) is 9.98. The molecule has 6 nitrogen and oxygen atoms in total. The van der Waals surface area contributed by atoms with Crippen LogP contribution in [-0.2, 0) is 17.8 Å². The van der Waals surface area contributed by atoms with Crippen molar-refractivity contribution in [2.75, 3.05) is 26.7 Å². The predicted octanol–water partition coefficient (Wildman–Crippen LogP) is 2.69. The Kier molecular flexibility index (Phi) is 7.28. The van der Waals surface area contributed by atoms with Crippen molar-refractivity contribution < 1.29 is 14.3 Å². The minimum Gasteiger partial charge on any atom is -0.497 e. The first-order chi connectivity index (χ1) is 14.0. The second-order valence-electron chi connectivity index (χ2n) is 7.61. The molecular weight excluding hydrogens is 386 g/mol. The molecule has 1 aliphatic heterocycles. The van der Waals surface area contributed by atoms with E-state index in [9.17, 15) is 9.59 Å². The van der Waals surface area contributed by atoms with E-state index in [1.807, 2.05) is 25.2 Å². The smallest absolute Gasteiger partial charge is 0.251 e. The number of hydrogen-bond donors (Lipinski definition) is 2. The first kappa shape index (κ1) is 21.3. The molecule has 1 unspecified atom stereocenters. The molecule has 0 fully saturated rings. The largest absolute Gasteiger partial charge is 0.497 e. The van der Waals surface area contributed by atoms with Crippen molar-refractivity contribution in [2.24, 2.45) is 5.92 Å². The monoisotopic (exact) mass is 415 g/mol. The molecule has 3 rings (SSSR count). The van der Waals surface area contributed by atoms with Crippen LogP contribution in [0.2, 0.25) is 0 Å². The summed E-state index contributed by atoms with van der Waals surface area (Å²) in [7, 11) is 1.58. The number of hydrogen-bond acceptors (Lipinski definition) is 5. The van der Waals surface area contributed by atoms with Gasteiger partial charge in [0.1, 0.15) is 11.8 Å². The lowest BCUT2D eigenvalue weighted by molar-refractivity contribution is -0.124. The highest BCUT2D eigenvalue weighted by molar-refractivity contribution is 7.10. The standard InChI is InChI=1S/C22H29N3O3S/c1-15(2)20(24-21(26)16-4-6-18(28-3)7-5-16)22(27)23-10-12-25-11-8-19-17(14-25)9-13-29-19/h4-7,9,13,15,20H,8,10-12,14H2,1-3H3,(H,23,27)(H,24,26). The summed E-state index contributed by atoms with van der Waals surface area (Å²) in [6.07, 6.45) is 1.08. The van der Waals surface area contributed by atoms with E-state index in [1.165, 1.54) is 10.4 Å². The van der Waals surface area contributed by atoms with Gasteiger partial charge in [-0.15, -0.1) is 11.3 Å². The maximum absolute atomic E-state index is 12.7. The van der Waals surface area contributed by atoms with E-state index in [1.54, 1.807) is 31.4 Å². The van der Waals surface area contributed by atoms with Crippen LogP contribution in [0.4, 0.5) is 0 Å². The third-order valence-corrected chi connectivity index (χ3v) is 6.22. The van der Waals surface area contributed by atoms with Gasteiger partial charge in [-0.25, -0.2) is 0 Å². The Hall–Kier alpha value is -2.38. The lowest BCUT2D eigenvalue weighted by Crippen LogP contribution is -2.51. The van der Waals surface area contributed by atoms with Gasteiger partial charge >= 0.3 is 0 Å². The van der Waals surface area contributed by atoms with E-state index < -0.39 is 6.04 Å². The summed E-state index contributed by atoms with van der Waals surface area (Å²) in [5.74, 6) is 0.269. The van der Waals surface area contributed by atoms with Gasteiger partial charge in [0, 0.05) is 36.6 Å². The van der Waals surface area contributed by atoms with E-state index >= 15 is 0 Å². The molecular formula is C22H29N3O3S. The highest BCUT2D eigenvalue weighted by Gasteiger charge is 2.25. The second-order valence-corrected chi connectivity index (χ2v) is 8.61. The van der Waals surface area contributed by atoms with Gasteiger partial charge in [-0.05, 0) is 53.6 Å². The molecule has 2 heterocycles. The third kappa shape index (κ3) is 5.58. The van der Waals surface area contributed by atoms with Gasteiger partial charge in [0.05, 0.1) is 7.11 Å². The number of nitrogens with zero attached hydrogens (tertiary/aromatic N) is 1. The van der Waals surface area contributed by atoms with Crippen LogP contribution in [0.15, 0.2) is 35.7 Å². The number of benzene rings is 1. The number of methoxy groups -OCH3 is 1. The Morgan fingerprint density at radius 1 is 1.21 bits per heavy atom. The van der Waals surface area contributed by atoms with Gasteiger partial charge in [-0.3, -0.25) is 14.5 Å². The zero-order valence-corrected chi connectivity index (χ0v) is 18.1. The number of fused-ring (bicyclic) bond motifs is 1. The molecule has 2 N–H and O–H groups in total. The fourth-order valence-electron chi connectivity index (χ4n) is 3.45. The van der Waals surface area contributed by atoms with E-state index in [4.69, 9.17) is 4.74 Å². The molecule has 1 atom stereocenters. The summed E-state index contributed by atoms with van der Waals surface area (Å²) in [5, 5.41) is 8.00. The number of carbonyl (C=O) groups excluding carboxylic acids is 2. The Labute approximate surface area is 176 Å². The maximum atomic E-state index is 12.7. The molecule has 1 aromatic heterocycles. The third-order valence-electron chi connectivity index (χ3n) is 5.20. The number of nitrogens with one attached hydrogen (secondary N) is 2. The van der Waals surface area contributed by atoms with Crippen molar-refractivity contribution in [3.8, 4) is 5.75 Å². The van der Waals surface area contributed by atoms with E-state index in [0.717, 1.165) is 26.1 Å². The van der Waals surface area contributed by atoms with Gasteiger partial charge in [-0.2, -0.15) is 0 Å². The second kappa shape index (κ2) is 9.89. The average molecular weight is 416 g/mol. The lowest BCUT2D eigenvalue weighted by atomic mass is 10.0. The minimum absolute atomic E-state index is 0.0134. The maximum Gasteiger partial charge on any atom is 0.251 e. The summed E-state index contributed by atoms with van der Waals surface area (Å²) in [4.78, 5) is 29.1. The molecule has 2 amide bonds. The molecule has 0 aliphatic carbocycles. The zero-order chi connectivity index (χ0) is 20.8. The van der Waals surface area contributed by atoms with Crippen molar-refractivity contribution in [1.82, 2.24) is 15.5 Å². The molecule has 7 heteroatoms. The number of ether oxygens (including phenoxy) is 1. The summed E-state index contributed by atoms with van der Waals surface area (Å²) < 4.78 is 5.12. The van der Waals surface area contributed by atoms with Gasteiger partial charge in [-0.1, -0.05) is 13.8 Å². The molecule has 1 aromatic carbocycles. The van der Waals surface area contributed by atoms with Crippen molar-refractivity contribution in [1.29, 1.82) is 0 Å².